The molecular formula is C19H28N2. The predicted octanol–water partition coefficient (Wildman–Crippen LogP) is 5.27. The monoisotopic (exact) mass is 284 g/mol. The molecule has 0 spiro atoms. The lowest BCUT2D eigenvalue weighted by Crippen LogP contribution is -2.20. The van der Waals surface area contributed by atoms with Gasteiger partial charge >= 0.3 is 0 Å². The smallest absolute Gasteiger partial charge is 0.0948 e. The Morgan fingerprint density at radius 3 is 2.52 bits per heavy atom. The van der Waals surface area contributed by atoms with Gasteiger partial charge in [0.2, 0.25) is 0 Å². The van der Waals surface area contributed by atoms with Gasteiger partial charge < -0.3 is 4.57 Å². The van der Waals surface area contributed by atoms with Crippen LogP contribution in [0.3, 0.4) is 0 Å². The highest BCUT2D eigenvalue weighted by molar-refractivity contribution is 5.15. The molecule has 2 rings (SSSR count). The Labute approximate surface area is 129 Å². The topological polar surface area (TPSA) is 17.8 Å². The number of hydrogen-bond donors (Lipinski definition) is 0. The van der Waals surface area contributed by atoms with Gasteiger partial charge in [-0.3, -0.25) is 0 Å². The Kier molecular flexibility index (Phi) is 6.52. The minimum atomic E-state index is 0.573. The third-order valence-electron chi connectivity index (χ3n) is 4.42. The number of unbranched alkanes of at least 4 members (excludes halogenated alkanes) is 2. The number of hydrogen-bond acceptors (Lipinski definition) is 1. The maximum absolute atomic E-state index is 4.26. The quantitative estimate of drug-likeness (QED) is 0.573. The number of benzene rings is 1. The van der Waals surface area contributed by atoms with Crippen molar-refractivity contribution in [1.29, 1.82) is 0 Å². The molecule has 2 unspecified atom stereocenters. The zero-order valence-electron chi connectivity index (χ0n) is 13.4. The molecule has 0 fully saturated rings. The van der Waals surface area contributed by atoms with E-state index >= 15 is 0 Å². The van der Waals surface area contributed by atoms with E-state index in [2.05, 4.69) is 59.9 Å². The molecule has 1 aromatic heterocycles. The van der Waals surface area contributed by atoms with Crippen molar-refractivity contribution in [2.24, 2.45) is 5.92 Å². The molecule has 0 saturated heterocycles. The molecular weight excluding hydrogens is 256 g/mol. The van der Waals surface area contributed by atoms with Crippen molar-refractivity contribution in [1.82, 2.24) is 9.55 Å². The van der Waals surface area contributed by atoms with Crippen LogP contribution in [0.15, 0.2) is 49.1 Å². The summed E-state index contributed by atoms with van der Waals surface area (Å²) >= 11 is 0. The molecule has 0 radical (unpaired) electrons. The van der Waals surface area contributed by atoms with Crippen LogP contribution in [-0.4, -0.2) is 9.55 Å². The van der Waals surface area contributed by atoms with E-state index in [0.29, 0.717) is 12.0 Å². The summed E-state index contributed by atoms with van der Waals surface area (Å²) in [6.07, 6.45) is 13.6. The lowest BCUT2D eigenvalue weighted by molar-refractivity contribution is 0.291. The van der Waals surface area contributed by atoms with Crippen LogP contribution in [0.4, 0.5) is 0 Å². The van der Waals surface area contributed by atoms with Crippen molar-refractivity contribution in [3.05, 3.63) is 54.6 Å². The van der Waals surface area contributed by atoms with E-state index in [1.807, 2.05) is 12.5 Å². The summed E-state index contributed by atoms with van der Waals surface area (Å²) in [7, 11) is 0. The molecule has 0 amide bonds. The fraction of sp³-hybridized carbons (Fsp3) is 0.526. The van der Waals surface area contributed by atoms with E-state index in [1.54, 1.807) is 0 Å². The molecule has 2 heteroatoms. The van der Waals surface area contributed by atoms with Crippen molar-refractivity contribution < 1.29 is 0 Å². The maximum Gasteiger partial charge on any atom is 0.0948 e. The molecule has 114 valence electrons. The average Bonchev–Trinajstić information content (AvgIpc) is 3.05. The second-order valence-electron chi connectivity index (χ2n) is 5.93. The van der Waals surface area contributed by atoms with Crippen molar-refractivity contribution in [3.8, 4) is 0 Å². The van der Waals surface area contributed by atoms with Gasteiger partial charge in [0, 0.05) is 18.4 Å². The molecule has 0 aliphatic heterocycles. The molecule has 0 saturated carbocycles. The van der Waals surface area contributed by atoms with Crippen LogP contribution in [0.25, 0.3) is 0 Å². The third-order valence-corrected chi connectivity index (χ3v) is 4.42. The van der Waals surface area contributed by atoms with E-state index in [0.717, 1.165) is 6.42 Å². The molecule has 21 heavy (non-hydrogen) atoms. The van der Waals surface area contributed by atoms with Gasteiger partial charge in [-0.25, -0.2) is 4.98 Å². The molecule has 2 nitrogen and oxygen atoms in total. The Balaban J connectivity index is 2.08. The first-order valence-corrected chi connectivity index (χ1v) is 8.36. The Bertz CT molecular complexity index is 476. The van der Waals surface area contributed by atoms with Gasteiger partial charge in [-0.05, 0) is 24.3 Å². The van der Waals surface area contributed by atoms with Crippen LogP contribution < -0.4 is 0 Å². The van der Waals surface area contributed by atoms with E-state index in [-0.39, 0.29) is 0 Å². The average molecular weight is 284 g/mol. The first-order valence-electron chi connectivity index (χ1n) is 8.36. The Morgan fingerprint density at radius 2 is 1.90 bits per heavy atom. The van der Waals surface area contributed by atoms with E-state index in [9.17, 15) is 0 Å². The number of nitrogens with zero attached hydrogens (tertiary/aromatic N) is 2. The number of rotatable bonds is 9. The van der Waals surface area contributed by atoms with Crippen LogP contribution in [0, 0.1) is 5.92 Å². The number of imidazole rings is 1. The third kappa shape index (κ3) is 4.73. The van der Waals surface area contributed by atoms with Crippen LogP contribution in [0.2, 0.25) is 0 Å². The summed E-state index contributed by atoms with van der Waals surface area (Å²) in [5.74, 6) is 0.679. The Hall–Kier alpha value is -1.57. The van der Waals surface area contributed by atoms with Gasteiger partial charge in [-0.15, -0.1) is 0 Å². The van der Waals surface area contributed by atoms with Gasteiger partial charge in [-0.2, -0.15) is 0 Å². The summed E-state index contributed by atoms with van der Waals surface area (Å²) in [5, 5.41) is 0. The molecule has 1 aromatic carbocycles. The first kappa shape index (κ1) is 15.8. The minimum Gasteiger partial charge on any atom is -0.334 e. The lowest BCUT2D eigenvalue weighted by Gasteiger charge is -2.28. The van der Waals surface area contributed by atoms with Crippen LogP contribution >= 0.6 is 0 Å². The maximum atomic E-state index is 4.26. The fourth-order valence-corrected chi connectivity index (χ4v) is 3.17. The SMILES string of the molecule is CCCCCC(C(CC)Cc1ccccc1)n1ccnc1. The van der Waals surface area contributed by atoms with Gasteiger partial charge in [0.15, 0.2) is 0 Å². The molecule has 2 atom stereocenters. The second kappa shape index (κ2) is 8.66. The van der Waals surface area contributed by atoms with E-state index in [1.165, 1.54) is 37.7 Å². The molecule has 0 aliphatic rings. The van der Waals surface area contributed by atoms with E-state index < -0.39 is 0 Å². The predicted molar refractivity (Wildman–Crippen MR) is 89.3 cm³/mol. The highest BCUT2D eigenvalue weighted by Gasteiger charge is 2.21. The summed E-state index contributed by atoms with van der Waals surface area (Å²) < 4.78 is 2.33. The van der Waals surface area contributed by atoms with Gasteiger partial charge in [0.05, 0.1) is 6.33 Å². The van der Waals surface area contributed by atoms with Crippen LogP contribution in [0.1, 0.15) is 57.6 Å². The standard InChI is InChI=1S/C19H28N2/c1-3-5-7-12-19(21-14-13-20-16-21)18(4-2)15-17-10-8-6-9-11-17/h6,8-11,13-14,16,18-19H,3-5,7,12,15H2,1-2H3. The molecule has 2 aromatic rings. The fourth-order valence-electron chi connectivity index (χ4n) is 3.17. The summed E-state index contributed by atoms with van der Waals surface area (Å²) in [6, 6.07) is 11.5. The van der Waals surface area contributed by atoms with Crippen molar-refractivity contribution in [3.63, 3.8) is 0 Å². The van der Waals surface area contributed by atoms with Gasteiger partial charge in [-0.1, -0.05) is 69.9 Å². The molecule has 0 aliphatic carbocycles. The van der Waals surface area contributed by atoms with Crippen molar-refractivity contribution in [2.45, 2.75) is 58.4 Å². The highest BCUT2D eigenvalue weighted by Crippen LogP contribution is 2.30. The van der Waals surface area contributed by atoms with E-state index in [4.69, 9.17) is 0 Å². The van der Waals surface area contributed by atoms with Gasteiger partial charge in [0.1, 0.15) is 0 Å². The highest BCUT2D eigenvalue weighted by atomic mass is 15.1. The normalized spacial score (nSPS) is 14.0. The minimum absolute atomic E-state index is 0.573. The summed E-state index contributed by atoms with van der Waals surface area (Å²) in [5.41, 5.74) is 1.45. The zero-order chi connectivity index (χ0) is 14.9. The van der Waals surface area contributed by atoms with Crippen molar-refractivity contribution >= 4 is 0 Å². The summed E-state index contributed by atoms with van der Waals surface area (Å²) in [6.45, 7) is 4.59. The zero-order valence-corrected chi connectivity index (χ0v) is 13.4. The Morgan fingerprint density at radius 1 is 1.10 bits per heavy atom. The second-order valence-corrected chi connectivity index (χ2v) is 5.93. The number of aromatic nitrogens is 2. The van der Waals surface area contributed by atoms with Crippen molar-refractivity contribution in [2.75, 3.05) is 0 Å². The molecule has 0 bridgehead atoms. The molecule has 0 N–H and O–H groups in total. The van der Waals surface area contributed by atoms with Crippen LogP contribution in [-0.2, 0) is 6.42 Å². The first-order chi connectivity index (χ1) is 10.3. The summed E-state index contributed by atoms with van der Waals surface area (Å²) in [4.78, 5) is 4.26. The van der Waals surface area contributed by atoms with Gasteiger partial charge in [0.25, 0.3) is 0 Å². The largest absolute Gasteiger partial charge is 0.334 e. The molecule has 1 heterocycles. The lowest BCUT2D eigenvalue weighted by atomic mass is 9.87. The van der Waals surface area contributed by atoms with Crippen LogP contribution in [0.5, 0.6) is 0 Å².